The van der Waals surface area contributed by atoms with E-state index in [1.165, 1.54) is 7.05 Å². The lowest BCUT2D eigenvalue weighted by molar-refractivity contribution is -0.117. The number of anilines is 4. The molecule has 14 nitrogen and oxygen atoms in total. The van der Waals surface area contributed by atoms with E-state index in [0.717, 1.165) is 46.7 Å². The van der Waals surface area contributed by atoms with Crippen molar-refractivity contribution in [1.29, 1.82) is 0 Å². The van der Waals surface area contributed by atoms with Crippen molar-refractivity contribution in [2.45, 2.75) is 44.4 Å². The number of likely N-dealkylation sites (tertiary alicyclic amines) is 1. The number of carbonyl (C=O) groups is 2. The second kappa shape index (κ2) is 11.4. The van der Waals surface area contributed by atoms with Crippen LogP contribution >= 0.6 is 0 Å². The summed E-state index contributed by atoms with van der Waals surface area (Å²) in [5.41, 5.74) is 4.98. The maximum atomic E-state index is 12.6. The molecule has 0 spiro atoms. The molecule has 3 aliphatic rings. The van der Waals surface area contributed by atoms with Gasteiger partial charge in [-0.15, -0.1) is 0 Å². The Morgan fingerprint density at radius 3 is 2.59 bits per heavy atom. The maximum absolute atomic E-state index is 12.6. The Hall–Kier alpha value is -5.28. The van der Waals surface area contributed by atoms with Gasteiger partial charge >= 0.3 is 0 Å². The zero-order valence-corrected chi connectivity index (χ0v) is 27.7. The second-order valence-electron chi connectivity index (χ2n) is 13.1. The van der Waals surface area contributed by atoms with Gasteiger partial charge in [-0.1, -0.05) is 18.2 Å². The lowest BCUT2D eigenvalue weighted by Crippen LogP contribution is -2.59. The first-order valence-corrected chi connectivity index (χ1v) is 16.4. The van der Waals surface area contributed by atoms with Crippen LogP contribution in [-0.2, 0) is 10.4 Å². The highest BCUT2D eigenvalue weighted by atomic mass is 16.3. The average Bonchev–Trinajstić information content (AvgIpc) is 3.72. The van der Waals surface area contributed by atoms with Crippen LogP contribution in [0.25, 0.3) is 16.8 Å². The van der Waals surface area contributed by atoms with Gasteiger partial charge in [-0.05, 0) is 44.9 Å². The van der Waals surface area contributed by atoms with Gasteiger partial charge in [-0.25, -0.2) is 9.97 Å². The Morgan fingerprint density at radius 2 is 1.84 bits per heavy atom. The molecular weight excluding hydrogens is 621 g/mol. The van der Waals surface area contributed by atoms with E-state index in [1.54, 1.807) is 27.6 Å². The Morgan fingerprint density at radius 1 is 1.06 bits per heavy atom. The Labute approximate surface area is 283 Å². The van der Waals surface area contributed by atoms with Crippen LogP contribution in [-0.4, -0.2) is 86.2 Å². The van der Waals surface area contributed by atoms with Gasteiger partial charge in [0.1, 0.15) is 30.8 Å². The molecule has 15 heteroatoms. The van der Waals surface area contributed by atoms with Gasteiger partial charge in [0, 0.05) is 56.4 Å². The number of benzene rings is 1. The number of carbonyl (C=O) groups excluding carboxylic acids is 2. The number of nitrogens with one attached hydrogen (secondary N) is 3. The van der Waals surface area contributed by atoms with E-state index >= 15 is 0 Å². The summed E-state index contributed by atoms with van der Waals surface area (Å²) in [7, 11) is 9.99. The molecule has 2 unspecified atom stereocenters. The summed E-state index contributed by atoms with van der Waals surface area (Å²) in [4.78, 5) is 37.6. The van der Waals surface area contributed by atoms with Gasteiger partial charge in [0.05, 0.1) is 46.7 Å². The molecule has 4 N–H and O–H groups in total. The molecule has 2 amide bonds. The highest BCUT2D eigenvalue weighted by Gasteiger charge is 2.44. The summed E-state index contributed by atoms with van der Waals surface area (Å²) in [6.07, 6.45) is 3.72. The van der Waals surface area contributed by atoms with Gasteiger partial charge in [0.15, 0.2) is 5.65 Å². The fraction of sp³-hybridized carbons (Fsp3) is 0.353. The number of aliphatic hydroxyl groups is 1. The van der Waals surface area contributed by atoms with Crippen LogP contribution in [0, 0.1) is 12.8 Å². The molecule has 1 aliphatic carbocycles. The summed E-state index contributed by atoms with van der Waals surface area (Å²) in [5.74, 6) is 0.856. The maximum Gasteiger partial charge on any atom is 0.269 e. The van der Waals surface area contributed by atoms with Crippen LogP contribution in [0.4, 0.5) is 23.0 Å². The first-order valence-electron chi connectivity index (χ1n) is 16.4. The number of para-hydroxylation sites is 1. The smallest absolute Gasteiger partial charge is 0.269 e. The third-order valence-corrected chi connectivity index (χ3v) is 9.78. The van der Waals surface area contributed by atoms with Crippen molar-refractivity contribution in [1.82, 2.24) is 39.6 Å². The minimum Gasteiger partial charge on any atom is -0.379 e. The summed E-state index contributed by atoms with van der Waals surface area (Å²) < 4.78 is 3.79. The quantitative estimate of drug-likeness (QED) is 0.183. The van der Waals surface area contributed by atoms with Crippen LogP contribution in [0.5, 0.6) is 0 Å². The first-order chi connectivity index (χ1) is 23.5. The molecule has 2 fully saturated rings. The highest BCUT2D eigenvalue weighted by Crippen LogP contribution is 2.49. The zero-order chi connectivity index (χ0) is 34.2. The molecule has 6 heterocycles. The van der Waals surface area contributed by atoms with Crippen LogP contribution in [0.2, 0.25) is 0 Å². The van der Waals surface area contributed by atoms with E-state index < -0.39 is 5.62 Å². The normalized spacial score (nSPS) is 18.7. The molecular formula is C34H36BN11O3. The van der Waals surface area contributed by atoms with E-state index in [9.17, 15) is 14.7 Å². The monoisotopic (exact) mass is 657 g/mol. The fourth-order valence-electron chi connectivity index (χ4n) is 6.80. The number of rotatable bonds is 8. The summed E-state index contributed by atoms with van der Waals surface area (Å²) >= 11 is 0. The van der Waals surface area contributed by atoms with Crippen molar-refractivity contribution in [3.8, 4) is 11.1 Å². The molecule has 2 atom stereocenters. The molecule has 0 bridgehead atoms. The van der Waals surface area contributed by atoms with Gasteiger partial charge in [0.2, 0.25) is 5.91 Å². The molecule has 49 heavy (non-hydrogen) atoms. The van der Waals surface area contributed by atoms with Crippen molar-refractivity contribution < 1.29 is 14.7 Å². The van der Waals surface area contributed by atoms with E-state index in [-0.39, 0.29) is 41.2 Å². The van der Waals surface area contributed by atoms with Gasteiger partial charge in [-0.3, -0.25) is 19.2 Å². The number of hydrogen-bond donors (Lipinski definition) is 4. The Kier molecular flexibility index (Phi) is 7.23. The second-order valence-corrected chi connectivity index (χ2v) is 13.1. The van der Waals surface area contributed by atoms with Gasteiger partial charge < -0.3 is 26.0 Å². The third kappa shape index (κ3) is 5.20. The summed E-state index contributed by atoms with van der Waals surface area (Å²) in [5, 5.41) is 29.9. The molecule has 4 aromatic heterocycles. The highest BCUT2D eigenvalue weighted by molar-refractivity contribution is 6.14. The van der Waals surface area contributed by atoms with Crippen molar-refractivity contribution in [3.63, 3.8) is 0 Å². The van der Waals surface area contributed by atoms with Gasteiger partial charge in [-0.2, -0.15) is 14.7 Å². The number of fused-ring (bicyclic) bond motifs is 4. The molecule has 2 aliphatic heterocycles. The van der Waals surface area contributed by atoms with Crippen LogP contribution < -0.4 is 20.9 Å². The van der Waals surface area contributed by atoms with Crippen molar-refractivity contribution in [2.24, 2.45) is 5.92 Å². The minimum atomic E-state index is -1.85. The Balaban J connectivity index is 1.08. The van der Waals surface area contributed by atoms with Crippen LogP contribution in [0.1, 0.15) is 59.4 Å². The third-order valence-electron chi connectivity index (χ3n) is 9.78. The van der Waals surface area contributed by atoms with E-state index in [4.69, 9.17) is 12.9 Å². The molecule has 8 rings (SSSR count). The molecule has 248 valence electrons. The largest absolute Gasteiger partial charge is 0.379 e. The van der Waals surface area contributed by atoms with E-state index in [0.29, 0.717) is 30.4 Å². The SMILES string of the molecule is [B]C(O)(c1cccc(C(=O)NC)n1)N1CC(n2ncc3c2C(C)N(C)c2c(Nc4cc(NC(=O)C5CC5)nc5cc(C)nn45)cccc2-3)C1. The zero-order valence-electron chi connectivity index (χ0n) is 27.7. The number of aromatic nitrogens is 6. The minimum absolute atomic E-state index is 0.00756. The first kappa shape index (κ1) is 31.0. The molecule has 1 saturated heterocycles. The van der Waals surface area contributed by atoms with Crippen molar-refractivity contribution in [2.75, 3.05) is 42.7 Å². The molecule has 1 saturated carbocycles. The average molecular weight is 658 g/mol. The number of hydrogen-bond acceptors (Lipinski definition) is 10. The topological polar surface area (TPSA) is 158 Å². The fourth-order valence-corrected chi connectivity index (χ4v) is 6.80. The van der Waals surface area contributed by atoms with Crippen molar-refractivity contribution >= 4 is 48.3 Å². The van der Waals surface area contributed by atoms with Crippen LogP contribution in [0.3, 0.4) is 0 Å². The Bertz CT molecular complexity index is 2130. The lowest BCUT2D eigenvalue weighted by Gasteiger charge is -2.49. The summed E-state index contributed by atoms with van der Waals surface area (Å²) in [6, 6.07) is 14.6. The number of nitrogens with zero attached hydrogens (tertiary/aromatic N) is 8. The standard InChI is InChI=1S/C34H36BN11O3/c1-18-13-28-40-27(41-32(47)20-11-12-20)14-29(46(28)42-18)39-24-8-5-7-22-23-15-37-45(30(23)19(2)43(4)31(22)24)21-16-44(17-21)34(35,49)26-10-6-9-25(38-26)33(48)36-3/h5-10,13-15,19-21,39,49H,11-12,16-17H2,1-4H3,(H,36,48)(H,40,41,47). The number of aryl methyl sites for hydroxylation is 1. The molecule has 1 aromatic carbocycles. The van der Waals surface area contributed by atoms with Crippen molar-refractivity contribution in [3.05, 3.63) is 77.5 Å². The van der Waals surface area contributed by atoms with Crippen LogP contribution in [0.15, 0.2) is 54.7 Å². The van der Waals surface area contributed by atoms with Gasteiger partial charge in [0.25, 0.3) is 5.91 Å². The van der Waals surface area contributed by atoms with E-state index in [1.807, 2.05) is 42.1 Å². The molecule has 2 radical (unpaired) electrons. The number of pyridine rings is 1. The number of amides is 2. The predicted octanol–water partition coefficient (Wildman–Crippen LogP) is 3.09. The lowest BCUT2D eigenvalue weighted by atomic mass is 9.82. The van der Waals surface area contributed by atoms with E-state index in [2.05, 4.69) is 56.0 Å². The predicted molar refractivity (Wildman–Crippen MR) is 185 cm³/mol. The molecule has 5 aromatic rings. The summed E-state index contributed by atoms with van der Waals surface area (Å²) in [6.45, 7) is 4.95.